The van der Waals surface area contributed by atoms with E-state index in [9.17, 15) is 4.79 Å². The predicted molar refractivity (Wildman–Crippen MR) is 84.1 cm³/mol. The minimum atomic E-state index is -0.158. The summed E-state index contributed by atoms with van der Waals surface area (Å²) in [4.78, 5) is 15.5. The highest BCUT2D eigenvalue weighted by Crippen LogP contribution is 2.31. The molecular formula is C15H14Cl2N2O. The van der Waals surface area contributed by atoms with Crippen molar-refractivity contribution in [2.45, 2.75) is 0 Å². The molecule has 3 nitrogen and oxygen atoms in total. The van der Waals surface area contributed by atoms with Gasteiger partial charge >= 0.3 is 6.03 Å². The molecule has 2 aromatic carbocycles. The number of nitrogens with zero attached hydrogens (tertiary/aromatic N) is 2. The van der Waals surface area contributed by atoms with E-state index in [2.05, 4.69) is 0 Å². The van der Waals surface area contributed by atoms with E-state index in [4.69, 9.17) is 23.2 Å². The van der Waals surface area contributed by atoms with Gasteiger partial charge in [0, 0.05) is 14.1 Å². The lowest BCUT2D eigenvalue weighted by Gasteiger charge is -2.26. The molecule has 0 spiro atoms. The molecule has 0 heterocycles. The molecular weight excluding hydrogens is 295 g/mol. The fourth-order valence-electron chi connectivity index (χ4n) is 1.77. The number of amides is 2. The van der Waals surface area contributed by atoms with Gasteiger partial charge in [-0.25, -0.2) is 4.79 Å². The lowest BCUT2D eigenvalue weighted by atomic mass is 10.2. The Kier molecular flexibility index (Phi) is 4.53. The maximum absolute atomic E-state index is 12.4. The zero-order valence-electron chi connectivity index (χ0n) is 11.2. The lowest BCUT2D eigenvalue weighted by Crippen LogP contribution is -2.35. The molecule has 0 fully saturated rings. The molecule has 0 aliphatic heterocycles. The number of carbonyl (C=O) groups excluding carboxylic acids is 1. The van der Waals surface area contributed by atoms with Crippen molar-refractivity contribution in [1.29, 1.82) is 0 Å². The van der Waals surface area contributed by atoms with E-state index in [-0.39, 0.29) is 6.03 Å². The van der Waals surface area contributed by atoms with Gasteiger partial charge in [-0.2, -0.15) is 0 Å². The Morgan fingerprint density at radius 2 is 1.55 bits per heavy atom. The van der Waals surface area contributed by atoms with Crippen LogP contribution in [-0.2, 0) is 0 Å². The van der Waals surface area contributed by atoms with Crippen molar-refractivity contribution in [3.8, 4) is 0 Å². The normalized spacial score (nSPS) is 10.2. The van der Waals surface area contributed by atoms with Crippen LogP contribution in [0.3, 0.4) is 0 Å². The van der Waals surface area contributed by atoms with E-state index in [1.54, 1.807) is 37.2 Å². The van der Waals surface area contributed by atoms with Gasteiger partial charge in [0.2, 0.25) is 0 Å². The fraction of sp³-hybridized carbons (Fsp3) is 0.133. The topological polar surface area (TPSA) is 23.6 Å². The summed E-state index contributed by atoms with van der Waals surface area (Å²) in [5.74, 6) is 0. The highest BCUT2D eigenvalue weighted by atomic mass is 35.5. The summed E-state index contributed by atoms with van der Waals surface area (Å²) in [5, 5.41) is 0.873. The number of rotatable bonds is 2. The number of hydrogen-bond donors (Lipinski definition) is 0. The van der Waals surface area contributed by atoms with E-state index in [0.29, 0.717) is 15.7 Å². The molecule has 104 valence electrons. The number of urea groups is 1. The lowest BCUT2D eigenvalue weighted by molar-refractivity contribution is 0.226. The molecule has 0 N–H and O–H groups in total. The molecule has 0 atom stereocenters. The first-order valence-electron chi connectivity index (χ1n) is 6.02. The first kappa shape index (κ1) is 14.7. The number of hydrogen-bond acceptors (Lipinski definition) is 1. The standard InChI is InChI=1S/C15H14Cl2N2O/c1-18(2)15(20)19(11-6-4-3-5-7-11)12-8-9-13(16)14(17)10-12/h3-10H,1-2H3. The highest BCUT2D eigenvalue weighted by Gasteiger charge is 2.20. The Morgan fingerprint density at radius 3 is 2.10 bits per heavy atom. The molecule has 2 aromatic rings. The summed E-state index contributed by atoms with van der Waals surface area (Å²) < 4.78 is 0. The minimum Gasteiger partial charge on any atom is -0.330 e. The van der Waals surface area contributed by atoms with E-state index >= 15 is 0 Å². The SMILES string of the molecule is CN(C)C(=O)N(c1ccccc1)c1ccc(Cl)c(Cl)c1. The Morgan fingerprint density at radius 1 is 0.900 bits per heavy atom. The van der Waals surface area contributed by atoms with E-state index in [1.807, 2.05) is 30.3 Å². The third-order valence-corrected chi connectivity index (χ3v) is 3.49. The number of halogens is 2. The van der Waals surface area contributed by atoms with Crippen LogP contribution in [0.2, 0.25) is 10.0 Å². The van der Waals surface area contributed by atoms with Crippen LogP contribution in [-0.4, -0.2) is 25.0 Å². The highest BCUT2D eigenvalue weighted by molar-refractivity contribution is 6.42. The molecule has 0 saturated heterocycles. The Hall–Kier alpha value is -1.71. The van der Waals surface area contributed by atoms with Crippen LogP contribution in [0.5, 0.6) is 0 Å². The van der Waals surface area contributed by atoms with Crippen LogP contribution in [0.4, 0.5) is 16.2 Å². The molecule has 2 amide bonds. The van der Waals surface area contributed by atoms with Crippen LogP contribution in [0.1, 0.15) is 0 Å². The van der Waals surface area contributed by atoms with Gasteiger partial charge in [0.05, 0.1) is 21.4 Å². The van der Waals surface area contributed by atoms with Crippen molar-refractivity contribution in [3.63, 3.8) is 0 Å². The third kappa shape index (κ3) is 3.06. The van der Waals surface area contributed by atoms with Crippen LogP contribution in [0, 0.1) is 0 Å². The van der Waals surface area contributed by atoms with Crippen LogP contribution in [0.25, 0.3) is 0 Å². The van der Waals surface area contributed by atoms with Gasteiger partial charge in [-0.05, 0) is 30.3 Å². The molecule has 0 saturated carbocycles. The monoisotopic (exact) mass is 308 g/mol. The summed E-state index contributed by atoms with van der Waals surface area (Å²) in [6.07, 6.45) is 0. The molecule has 0 bridgehead atoms. The summed E-state index contributed by atoms with van der Waals surface area (Å²) in [6, 6.07) is 14.4. The molecule has 0 radical (unpaired) electrons. The molecule has 0 aliphatic rings. The first-order valence-corrected chi connectivity index (χ1v) is 6.78. The van der Waals surface area contributed by atoms with Crippen molar-refractivity contribution in [2.24, 2.45) is 0 Å². The summed E-state index contributed by atoms with van der Waals surface area (Å²) in [6.45, 7) is 0. The second kappa shape index (κ2) is 6.16. The molecule has 5 heteroatoms. The quantitative estimate of drug-likeness (QED) is 0.780. The van der Waals surface area contributed by atoms with Crippen LogP contribution < -0.4 is 4.90 Å². The second-order valence-corrected chi connectivity index (χ2v) is 5.26. The first-order chi connectivity index (χ1) is 9.50. The molecule has 0 aromatic heterocycles. The minimum absolute atomic E-state index is 0.158. The average molecular weight is 309 g/mol. The molecule has 20 heavy (non-hydrogen) atoms. The second-order valence-electron chi connectivity index (χ2n) is 4.45. The van der Waals surface area contributed by atoms with E-state index in [1.165, 1.54) is 4.90 Å². The zero-order chi connectivity index (χ0) is 14.7. The Bertz CT molecular complexity index is 615. The summed E-state index contributed by atoms with van der Waals surface area (Å²) in [5.41, 5.74) is 1.44. The molecule has 2 rings (SSSR count). The van der Waals surface area contributed by atoms with Gasteiger partial charge in [-0.1, -0.05) is 41.4 Å². The smallest absolute Gasteiger partial charge is 0.328 e. The number of anilines is 2. The molecule has 0 aliphatic carbocycles. The van der Waals surface area contributed by atoms with Crippen molar-refractivity contribution >= 4 is 40.6 Å². The van der Waals surface area contributed by atoms with E-state index in [0.717, 1.165) is 5.69 Å². The number of carbonyl (C=O) groups is 1. The average Bonchev–Trinajstić information content (AvgIpc) is 2.44. The Labute approximate surface area is 128 Å². The van der Waals surface area contributed by atoms with Gasteiger partial charge in [0.25, 0.3) is 0 Å². The van der Waals surface area contributed by atoms with Gasteiger partial charge in [0.15, 0.2) is 0 Å². The van der Waals surface area contributed by atoms with Gasteiger partial charge < -0.3 is 4.90 Å². The fourth-order valence-corrected chi connectivity index (χ4v) is 2.06. The maximum atomic E-state index is 12.4. The number of benzene rings is 2. The van der Waals surface area contributed by atoms with Crippen LogP contribution >= 0.6 is 23.2 Å². The number of para-hydroxylation sites is 1. The molecule has 0 unspecified atom stereocenters. The van der Waals surface area contributed by atoms with Gasteiger partial charge in [-0.3, -0.25) is 4.90 Å². The zero-order valence-corrected chi connectivity index (χ0v) is 12.7. The van der Waals surface area contributed by atoms with Crippen molar-refractivity contribution in [2.75, 3.05) is 19.0 Å². The van der Waals surface area contributed by atoms with Crippen molar-refractivity contribution in [1.82, 2.24) is 4.90 Å². The van der Waals surface area contributed by atoms with Gasteiger partial charge in [0.1, 0.15) is 0 Å². The van der Waals surface area contributed by atoms with Crippen molar-refractivity contribution in [3.05, 3.63) is 58.6 Å². The summed E-state index contributed by atoms with van der Waals surface area (Å²) in [7, 11) is 3.41. The van der Waals surface area contributed by atoms with E-state index < -0.39 is 0 Å². The predicted octanol–water partition coefficient (Wildman–Crippen LogP) is 4.81. The maximum Gasteiger partial charge on any atom is 0.328 e. The largest absolute Gasteiger partial charge is 0.330 e. The third-order valence-electron chi connectivity index (χ3n) is 2.75. The Balaban J connectivity index is 2.51. The summed E-state index contributed by atoms with van der Waals surface area (Å²) >= 11 is 12.0. The van der Waals surface area contributed by atoms with Crippen LogP contribution in [0.15, 0.2) is 48.5 Å². The van der Waals surface area contributed by atoms with Gasteiger partial charge in [-0.15, -0.1) is 0 Å². The van der Waals surface area contributed by atoms with Crippen molar-refractivity contribution < 1.29 is 4.79 Å².